The number of para-hydroxylation sites is 2. The molecule has 4 saturated carbocycles. The van der Waals surface area contributed by atoms with Gasteiger partial charge in [-0.05, 0) is 87.8 Å². The molecule has 1 aromatic carbocycles. The topological polar surface area (TPSA) is 62.8 Å². The molecule has 1 aromatic rings. The molecule has 1 heterocycles. The van der Waals surface area contributed by atoms with E-state index in [4.69, 9.17) is 9.47 Å². The van der Waals surface area contributed by atoms with Crippen molar-refractivity contribution < 1.29 is 14.3 Å². The zero-order valence-electron chi connectivity index (χ0n) is 18.6. The van der Waals surface area contributed by atoms with E-state index in [-0.39, 0.29) is 11.6 Å². The van der Waals surface area contributed by atoms with Gasteiger partial charge in [-0.2, -0.15) is 0 Å². The second kappa shape index (κ2) is 9.37. The first-order chi connectivity index (χ1) is 15.2. The predicted molar refractivity (Wildman–Crippen MR) is 121 cm³/mol. The van der Waals surface area contributed by atoms with Gasteiger partial charge in [-0.15, -0.1) is 0 Å². The van der Waals surface area contributed by atoms with Gasteiger partial charge < -0.3 is 20.1 Å². The summed E-state index contributed by atoms with van der Waals surface area (Å²) in [4.78, 5) is 15.4. The molecule has 170 valence electrons. The Bertz CT molecular complexity index is 727. The number of carbonyl (C=O) groups excluding carboxylic acids is 1. The zero-order valence-corrected chi connectivity index (χ0v) is 18.6. The maximum Gasteiger partial charge on any atom is 0.319 e. The number of unbranched alkanes of at least 4 members (excludes halogenated alkanes) is 1. The van der Waals surface area contributed by atoms with Gasteiger partial charge in [0.2, 0.25) is 0 Å². The number of urea groups is 1. The molecule has 2 amide bonds. The summed E-state index contributed by atoms with van der Waals surface area (Å²) in [5, 5.41) is 6.47. The minimum absolute atomic E-state index is 0.0220. The van der Waals surface area contributed by atoms with Crippen molar-refractivity contribution in [2.24, 2.45) is 17.8 Å². The van der Waals surface area contributed by atoms with Crippen LogP contribution in [-0.2, 0) is 4.74 Å². The maximum absolute atomic E-state index is 12.9. The normalized spacial score (nSPS) is 32.1. The van der Waals surface area contributed by atoms with Crippen molar-refractivity contribution in [1.29, 1.82) is 0 Å². The van der Waals surface area contributed by atoms with E-state index in [1.165, 1.54) is 19.3 Å². The number of rotatable bonds is 8. The molecule has 0 aromatic heterocycles. The van der Waals surface area contributed by atoms with Gasteiger partial charge in [0.1, 0.15) is 5.75 Å². The first-order valence-electron chi connectivity index (χ1n) is 12.3. The summed E-state index contributed by atoms with van der Waals surface area (Å²) >= 11 is 0. The highest BCUT2D eigenvalue weighted by molar-refractivity contribution is 5.91. The van der Waals surface area contributed by atoms with Crippen LogP contribution in [0, 0.1) is 17.8 Å². The highest BCUT2D eigenvalue weighted by Crippen LogP contribution is 2.55. The maximum atomic E-state index is 12.9. The van der Waals surface area contributed by atoms with Crippen LogP contribution < -0.4 is 15.4 Å². The van der Waals surface area contributed by atoms with Crippen molar-refractivity contribution in [2.75, 3.05) is 44.8 Å². The fourth-order valence-electron chi connectivity index (χ4n) is 6.80. The largest absolute Gasteiger partial charge is 0.491 e. The molecule has 6 rings (SSSR count). The van der Waals surface area contributed by atoms with Crippen LogP contribution in [-0.4, -0.2) is 55.9 Å². The molecule has 0 radical (unpaired) electrons. The van der Waals surface area contributed by atoms with E-state index in [1.807, 2.05) is 24.3 Å². The summed E-state index contributed by atoms with van der Waals surface area (Å²) in [5.41, 5.74) is 0.784. The number of hydrogen-bond donors (Lipinski definition) is 2. The Kier molecular flexibility index (Phi) is 6.37. The number of ether oxygens (including phenoxy) is 2. The third-order valence-corrected chi connectivity index (χ3v) is 7.78. The zero-order chi connectivity index (χ0) is 21.1. The number of benzene rings is 1. The Morgan fingerprint density at radius 2 is 1.71 bits per heavy atom. The summed E-state index contributed by atoms with van der Waals surface area (Å²) in [6, 6.07) is 7.71. The monoisotopic (exact) mass is 427 g/mol. The van der Waals surface area contributed by atoms with E-state index >= 15 is 0 Å². The van der Waals surface area contributed by atoms with Crippen LogP contribution in [0.4, 0.5) is 10.5 Å². The fourth-order valence-corrected chi connectivity index (χ4v) is 6.80. The summed E-state index contributed by atoms with van der Waals surface area (Å²) in [5.74, 6) is 3.22. The Morgan fingerprint density at radius 1 is 1.03 bits per heavy atom. The van der Waals surface area contributed by atoms with Crippen molar-refractivity contribution in [1.82, 2.24) is 10.2 Å². The molecule has 4 bridgehead atoms. The summed E-state index contributed by atoms with van der Waals surface area (Å²) in [7, 11) is 0. The number of nitrogens with zero attached hydrogens (tertiary/aromatic N) is 1. The molecule has 4 aliphatic carbocycles. The lowest BCUT2D eigenvalue weighted by Gasteiger charge is -2.56. The number of morpholine rings is 1. The van der Waals surface area contributed by atoms with Crippen LogP contribution in [0.3, 0.4) is 0 Å². The molecule has 5 aliphatic rings. The molecule has 6 nitrogen and oxygen atoms in total. The summed E-state index contributed by atoms with van der Waals surface area (Å²) < 4.78 is 11.4. The average molecular weight is 428 g/mol. The van der Waals surface area contributed by atoms with Gasteiger partial charge in [-0.1, -0.05) is 12.1 Å². The molecule has 0 atom stereocenters. The third-order valence-electron chi connectivity index (χ3n) is 7.78. The number of carbonyl (C=O) groups is 1. The van der Waals surface area contributed by atoms with Gasteiger partial charge in [-0.3, -0.25) is 4.90 Å². The van der Waals surface area contributed by atoms with Crippen molar-refractivity contribution in [3.63, 3.8) is 0 Å². The fraction of sp³-hybridized carbons (Fsp3) is 0.720. The molecule has 0 spiro atoms. The van der Waals surface area contributed by atoms with Crippen LogP contribution >= 0.6 is 0 Å². The molecular formula is C25H37N3O3. The molecule has 6 heteroatoms. The van der Waals surface area contributed by atoms with Crippen LogP contribution in [0.25, 0.3) is 0 Å². The SMILES string of the molecule is O=C(Nc1ccccc1OCCCCN1CCOCC1)NC12CC3CC(CC(C3)C1)C2. The van der Waals surface area contributed by atoms with E-state index in [0.717, 1.165) is 94.1 Å². The Labute approximate surface area is 186 Å². The van der Waals surface area contributed by atoms with Gasteiger partial charge in [-0.25, -0.2) is 4.79 Å². The van der Waals surface area contributed by atoms with Crippen molar-refractivity contribution in [2.45, 2.75) is 56.9 Å². The molecule has 1 saturated heterocycles. The Hall–Kier alpha value is -1.79. The average Bonchev–Trinajstić information content (AvgIpc) is 2.74. The van der Waals surface area contributed by atoms with Crippen LogP contribution in [0.1, 0.15) is 51.4 Å². The number of amides is 2. The summed E-state index contributed by atoms with van der Waals surface area (Å²) in [6.07, 6.45) is 9.74. The minimum atomic E-state index is -0.0784. The lowest BCUT2D eigenvalue weighted by Crippen LogP contribution is -2.60. The first kappa shape index (κ1) is 21.1. The lowest BCUT2D eigenvalue weighted by molar-refractivity contribution is -0.0127. The second-order valence-electron chi connectivity index (χ2n) is 10.3. The number of nitrogens with one attached hydrogen (secondary N) is 2. The predicted octanol–water partition coefficient (Wildman–Crippen LogP) is 4.27. The third kappa shape index (κ3) is 5.17. The van der Waals surface area contributed by atoms with Gasteiger partial charge in [0.05, 0.1) is 25.5 Å². The minimum Gasteiger partial charge on any atom is -0.491 e. The van der Waals surface area contributed by atoms with Crippen LogP contribution in [0.2, 0.25) is 0 Å². The standard InChI is InChI=1S/C25H37N3O3/c29-24(27-25-16-19-13-20(17-25)15-21(14-19)18-25)26-22-5-1-2-6-23(22)31-10-4-3-7-28-8-11-30-12-9-28/h1-2,5-6,19-21H,3-4,7-18H2,(H2,26,27,29). The van der Waals surface area contributed by atoms with Gasteiger partial charge in [0, 0.05) is 18.6 Å². The molecule has 31 heavy (non-hydrogen) atoms. The molecule has 1 aliphatic heterocycles. The van der Waals surface area contributed by atoms with Crippen molar-refractivity contribution in [3.05, 3.63) is 24.3 Å². The Morgan fingerprint density at radius 3 is 2.42 bits per heavy atom. The molecule has 5 fully saturated rings. The van der Waals surface area contributed by atoms with E-state index in [2.05, 4.69) is 15.5 Å². The molecule has 0 unspecified atom stereocenters. The van der Waals surface area contributed by atoms with Gasteiger partial charge >= 0.3 is 6.03 Å². The van der Waals surface area contributed by atoms with E-state index in [1.54, 1.807) is 0 Å². The smallest absolute Gasteiger partial charge is 0.319 e. The van der Waals surface area contributed by atoms with E-state index in [9.17, 15) is 4.79 Å². The number of hydrogen-bond acceptors (Lipinski definition) is 4. The van der Waals surface area contributed by atoms with Gasteiger partial charge in [0.25, 0.3) is 0 Å². The highest BCUT2D eigenvalue weighted by Gasteiger charge is 2.51. The van der Waals surface area contributed by atoms with Gasteiger partial charge in [0.15, 0.2) is 0 Å². The second-order valence-corrected chi connectivity index (χ2v) is 10.3. The number of anilines is 1. The van der Waals surface area contributed by atoms with Crippen LogP contribution in [0.5, 0.6) is 5.75 Å². The van der Waals surface area contributed by atoms with Crippen molar-refractivity contribution in [3.8, 4) is 5.75 Å². The van der Waals surface area contributed by atoms with Crippen molar-refractivity contribution >= 4 is 11.7 Å². The molecular weight excluding hydrogens is 390 g/mol. The van der Waals surface area contributed by atoms with E-state index in [0.29, 0.717) is 6.61 Å². The summed E-state index contributed by atoms with van der Waals surface area (Å²) in [6.45, 7) is 5.53. The highest BCUT2D eigenvalue weighted by atomic mass is 16.5. The van der Waals surface area contributed by atoms with E-state index < -0.39 is 0 Å². The first-order valence-corrected chi connectivity index (χ1v) is 12.3. The van der Waals surface area contributed by atoms with Crippen LogP contribution in [0.15, 0.2) is 24.3 Å². The quantitative estimate of drug-likeness (QED) is 0.608. The Balaban J connectivity index is 1.09. The lowest BCUT2D eigenvalue weighted by atomic mass is 9.53. The molecule has 2 N–H and O–H groups in total.